The number of benzene rings is 2. The molecule has 0 saturated carbocycles. The van der Waals surface area contributed by atoms with Crippen molar-refractivity contribution in [3.8, 4) is 22.8 Å². The van der Waals surface area contributed by atoms with Crippen LogP contribution in [0.25, 0.3) is 11.3 Å². The van der Waals surface area contributed by atoms with Crippen molar-refractivity contribution in [2.24, 2.45) is 10.1 Å². The maximum absolute atomic E-state index is 9.92. The summed E-state index contributed by atoms with van der Waals surface area (Å²) in [5.74, 6) is -0.0325. The number of thiazole rings is 1. The summed E-state index contributed by atoms with van der Waals surface area (Å²) in [6, 6.07) is 14.3. The molecule has 2 aromatic carbocycles. The van der Waals surface area contributed by atoms with E-state index < -0.39 is 0 Å². The predicted molar refractivity (Wildman–Crippen MR) is 101 cm³/mol. The van der Waals surface area contributed by atoms with Crippen molar-refractivity contribution in [3.63, 3.8) is 0 Å². The first-order valence-electron chi connectivity index (χ1n) is 7.62. The van der Waals surface area contributed by atoms with Crippen LogP contribution in [0.15, 0.2) is 76.7 Å². The second-order valence-corrected chi connectivity index (χ2v) is 6.03. The van der Waals surface area contributed by atoms with E-state index in [2.05, 4.69) is 16.7 Å². The Morgan fingerprint density at radius 2 is 1.92 bits per heavy atom. The van der Waals surface area contributed by atoms with Crippen LogP contribution >= 0.6 is 11.3 Å². The molecule has 0 atom stereocenters. The van der Waals surface area contributed by atoms with Crippen molar-refractivity contribution < 1.29 is 10.2 Å². The van der Waals surface area contributed by atoms with E-state index in [-0.39, 0.29) is 11.5 Å². The molecule has 1 aromatic heterocycles. The largest absolute Gasteiger partial charge is 0.508 e. The second-order valence-electron chi connectivity index (χ2n) is 5.20. The molecule has 0 spiro atoms. The first kappa shape index (κ1) is 16.7. The molecule has 3 aromatic rings. The molecule has 0 radical (unpaired) electrons. The molecule has 25 heavy (non-hydrogen) atoms. The molecule has 0 unspecified atom stereocenters. The first-order chi connectivity index (χ1) is 12.2. The number of hydrogen-bond acceptors (Lipinski definition) is 5. The molecule has 0 bridgehead atoms. The van der Waals surface area contributed by atoms with Crippen molar-refractivity contribution in [2.45, 2.75) is 0 Å². The molecule has 0 saturated heterocycles. The van der Waals surface area contributed by atoms with E-state index in [0.717, 1.165) is 16.1 Å². The lowest BCUT2D eigenvalue weighted by Crippen LogP contribution is -2.12. The van der Waals surface area contributed by atoms with Crippen LogP contribution in [0.1, 0.15) is 5.56 Å². The normalized spacial score (nSPS) is 11.9. The van der Waals surface area contributed by atoms with Crippen molar-refractivity contribution in [2.75, 3.05) is 6.54 Å². The second kappa shape index (κ2) is 7.63. The lowest BCUT2D eigenvalue weighted by atomic mass is 10.2. The molecule has 0 amide bonds. The lowest BCUT2D eigenvalue weighted by Gasteiger charge is -2.04. The SMILES string of the molecule is C=CCN=c1scc(-c2ccccc2)n1N=Cc1ccc(O)cc1O. The molecular weight excluding hydrogens is 334 g/mol. The van der Waals surface area contributed by atoms with Gasteiger partial charge in [-0.3, -0.25) is 4.99 Å². The molecule has 0 aliphatic rings. The van der Waals surface area contributed by atoms with Gasteiger partial charge in [0.25, 0.3) is 0 Å². The number of phenols is 2. The van der Waals surface area contributed by atoms with E-state index in [9.17, 15) is 10.2 Å². The Bertz CT molecular complexity index is 972. The molecular formula is C19H17N3O2S. The number of phenolic OH excluding ortho intramolecular Hbond substituents is 2. The Morgan fingerprint density at radius 3 is 2.64 bits per heavy atom. The predicted octanol–water partition coefficient (Wildman–Crippen LogP) is 3.60. The van der Waals surface area contributed by atoms with Gasteiger partial charge in [0.2, 0.25) is 4.80 Å². The van der Waals surface area contributed by atoms with Crippen LogP contribution in [-0.4, -0.2) is 27.6 Å². The standard InChI is InChI=1S/C19H17N3O2S/c1-2-10-20-19-22(17(13-25-19)14-6-4-3-5-7-14)21-12-15-8-9-16(23)11-18(15)24/h2-9,11-13,23-24H,1,10H2. The van der Waals surface area contributed by atoms with E-state index in [1.807, 2.05) is 35.7 Å². The van der Waals surface area contributed by atoms with Crippen molar-refractivity contribution in [3.05, 3.63) is 76.9 Å². The molecule has 1 heterocycles. The number of aromatic hydroxyl groups is 2. The van der Waals surface area contributed by atoms with Gasteiger partial charge in [0.05, 0.1) is 18.5 Å². The fourth-order valence-corrected chi connectivity index (χ4v) is 3.08. The van der Waals surface area contributed by atoms with Gasteiger partial charge >= 0.3 is 0 Å². The summed E-state index contributed by atoms with van der Waals surface area (Å²) in [6.07, 6.45) is 3.27. The highest BCUT2D eigenvalue weighted by Crippen LogP contribution is 2.22. The maximum atomic E-state index is 9.92. The minimum Gasteiger partial charge on any atom is -0.508 e. The van der Waals surface area contributed by atoms with Crippen LogP contribution in [0.4, 0.5) is 0 Å². The summed E-state index contributed by atoms with van der Waals surface area (Å²) in [4.78, 5) is 5.20. The summed E-state index contributed by atoms with van der Waals surface area (Å²) >= 11 is 1.49. The lowest BCUT2D eigenvalue weighted by molar-refractivity contribution is 0.450. The quantitative estimate of drug-likeness (QED) is 0.545. The van der Waals surface area contributed by atoms with Crippen LogP contribution in [0.5, 0.6) is 11.5 Å². The van der Waals surface area contributed by atoms with Gasteiger partial charge in [0.1, 0.15) is 11.5 Å². The van der Waals surface area contributed by atoms with Crippen LogP contribution in [-0.2, 0) is 0 Å². The zero-order valence-corrected chi connectivity index (χ0v) is 14.2. The van der Waals surface area contributed by atoms with E-state index in [1.165, 1.54) is 23.5 Å². The Balaban J connectivity index is 2.08. The Morgan fingerprint density at radius 1 is 1.12 bits per heavy atom. The third-order valence-electron chi connectivity index (χ3n) is 3.44. The third-order valence-corrected chi connectivity index (χ3v) is 4.29. The number of rotatable bonds is 5. The molecule has 5 nitrogen and oxygen atoms in total. The van der Waals surface area contributed by atoms with E-state index in [4.69, 9.17) is 0 Å². The molecule has 0 aliphatic heterocycles. The molecule has 0 fully saturated rings. The van der Waals surface area contributed by atoms with Gasteiger partial charge in [-0.25, -0.2) is 4.68 Å². The molecule has 2 N–H and O–H groups in total. The fraction of sp³-hybridized carbons (Fsp3) is 0.0526. The van der Waals surface area contributed by atoms with Gasteiger partial charge in [-0.15, -0.1) is 17.9 Å². The summed E-state index contributed by atoms with van der Waals surface area (Å²) in [6.45, 7) is 4.19. The Hall–Kier alpha value is -3.12. The molecule has 3 rings (SSSR count). The van der Waals surface area contributed by atoms with Crippen molar-refractivity contribution in [1.29, 1.82) is 0 Å². The van der Waals surface area contributed by atoms with Crippen LogP contribution < -0.4 is 4.80 Å². The topological polar surface area (TPSA) is 70.1 Å². The monoisotopic (exact) mass is 351 g/mol. The van der Waals surface area contributed by atoms with E-state index in [1.54, 1.807) is 23.0 Å². The summed E-state index contributed by atoms with van der Waals surface area (Å²) in [7, 11) is 0. The third kappa shape index (κ3) is 3.87. The average molecular weight is 351 g/mol. The van der Waals surface area contributed by atoms with Crippen LogP contribution in [0, 0.1) is 0 Å². The highest BCUT2D eigenvalue weighted by molar-refractivity contribution is 7.07. The molecule has 126 valence electrons. The zero-order valence-electron chi connectivity index (χ0n) is 13.4. The van der Waals surface area contributed by atoms with Gasteiger partial charge < -0.3 is 10.2 Å². The smallest absolute Gasteiger partial charge is 0.206 e. The average Bonchev–Trinajstić information content (AvgIpc) is 3.03. The number of hydrogen-bond donors (Lipinski definition) is 2. The highest BCUT2D eigenvalue weighted by Gasteiger charge is 2.07. The minimum atomic E-state index is -0.0366. The van der Waals surface area contributed by atoms with Gasteiger partial charge in [0, 0.05) is 22.6 Å². The van der Waals surface area contributed by atoms with Crippen LogP contribution in [0.3, 0.4) is 0 Å². The van der Waals surface area contributed by atoms with Gasteiger partial charge in [0.15, 0.2) is 0 Å². The Kier molecular flexibility index (Phi) is 5.11. The molecule has 6 heteroatoms. The summed E-state index contributed by atoms with van der Waals surface area (Å²) < 4.78 is 1.73. The zero-order chi connectivity index (χ0) is 17.6. The summed E-state index contributed by atoms with van der Waals surface area (Å²) in [5, 5.41) is 25.8. The van der Waals surface area contributed by atoms with Gasteiger partial charge in [-0.1, -0.05) is 36.4 Å². The van der Waals surface area contributed by atoms with Crippen molar-refractivity contribution >= 4 is 17.6 Å². The number of aromatic nitrogens is 1. The fourth-order valence-electron chi connectivity index (χ4n) is 2.23. The number of nitrogens with zero attached hydrogens (tertiary/aromatic N) is 3. The first-order valence-corrected chi connectivity index (χ1v) is 8.50. The Labute approximate surface area is 149 Å². The van der Waals surface area contributed by atoms with Crippen LogP contribution in [0.2, 0.25) is 0 Å². The van der Waals surface area contributed by atoms with Crippen molar-refractivity contribution in [1.82, 2.24) is 4.68 Å². The van der Waals surface area contributed by atoms with E-state index >= 15 is 0 Å². The summed E-state index contributed by atoms with van der Waals surface area (Å²) in [5.41, 5.74) is 2.43. The maximum Gasteiger partial charge on any atom is 0.206 e. The minimum absolute atomic E-state index is 0.00415. The van der Waals surface area contributed by atoms with E-state index in [0.29, 0.717) is 12.1 Å². The van der Waals surface area contributed by atoms with Gasteiger partial charge in [-0.2, -0.15) is 5.10 Å². The highest BCUT2D eigenvalue weighted by atomic mass is 32.1. The van der Waals surface area contributed by atoms with Gasteiger partial charge in [-0.05, 0) is 12.1 Å². The molecule has 0 aliphatic carbocycles.